The Balaban J connectivity index is 0.000000360. The summed E-state index contributed by atoms with van der Waals surface area (Å²) < 4.78 is 0. The van der Waals surface area contributed by atoms with E-state index >= 15 is 0 Å². The Morgan fingerprint density at radius 2 is 0.667 bits per heavy atom. The van der Waals surface area contributed by atoms with E-state index in [1.165, 1.54) is 23.7 Å². The Morgan fingerprint density at radius 1 is 0.500 bits per heavy atom. The van der Waals surface area contributed by atoms with E-state index in [0.29, 0.717) is 0 Å². The van der Waals surface area contributed by atoms with Gasteiger partial charge >= 0.3 is 0 Å². The average Bonchev–Trinajstić information content (AvgIpc) is 1.82. The molecule has 70 valence electrons. The standard InChI is InChI=1S/C10H16.BH3.H3P/c1-7-2-9-4-8(1)5-10(3-7)6-9;;/h7-10H,1-6H2;2*1H3. The maximum atomic E-state index is 1.60. The van der Waals surface area contributed by atoms with Gasteiger partial charge in [0.05, 0.1) is 8.41 Å². The molecule has 0 aromatic carbocycles. The Hall–Kier alpha value is 0.495. The first-order valence-corrected chi connectivity index (χ1v) is 4.90. The van der Waals surface area contributed by atoms with Crippen LogP contribution in [0.2, 0.25) is 0 Å². The van der Waals surface area contributed by atoms with Crippen LogP contribution in [0.15, 0.2) is 0 Å². The van der Waals surface area contributed by atoms with Crippen LogP contribution >= 0.6 is 9.90 Å². The van der Waals surface area contributed by atoms with Gasteiger partial charge in [-0.3, -0.25) is 0 Å². The highest BCUT2D eigenvalue weighted by Gasteiger charge is 2.41. The van der Waals surface area contributed by atoms with Crippen LogP contribution in [0.25, 0.3) is 0 Å². The largest absolute Gasteiger partial charge is 0.153 e. The van der Waals surface area contributed by atoms with Gasteiger partial charge in [-0.15, -0.1) is 0 Å². The normalized spacial score (nSPS) is 48.0. The van der Waals surface area contributed by atoms with E-state index in [2.05, 4.69) is 0 Å². The highest BCUT2D eigenvalue weighted by atomic mass is 31.0. The fraction of sp³-hybridized carbons (Fsp3) is 1.00. The minimum absolute atomic E-state index is 0. The van der Waals surface area contributed by atoms with E-state index in [1.54, 1.807) is 38.5 Å². The van der Waals surface area contributed by atoms with Crippen molar-refractivity contribution in [3.8, 4) is 0 Å². The molecule has 4 fully saturated rings. The van der Waals surface area contributed by atoms with E-state index in [0.717, 1.165) is 0 Å². The molecule has 4 rings (SSSR count). The van der Waals surface area contributed by atoms with Gasteiger partial charge < -0.3 is 0 Å². The van der Waals surface area contributed by atoms with Crippen molar-refractivity contribution >= 4 is 18.3 Å². The van der Waals surface area contributed by atoms with Crippen LogP contribution in [-0.4, -0.2) is 8.41 Å². The van der Waals surface area contributed by atoms with Crippen molar-refractivity contribution < 1.29 is 0 Å². The van der Waals surface area contributed by atoms with Crippen LogP contribution in [0.3, 0.4) is 0 Å². The summed E-state index contributed by atoms with van der Waals surface area (Å²) in [5.74, 6) is 4.71. The highest BCUT2D eigenvalue weighted by Crippen LogP contribution is 2.53. The van der Waals surface area contributed by atoms with Gasteiger partial charge in [-0.25, -0.2) is 0 Å². The van der Waals surface area contributed by atoms with Crippen LogP contribution < -0.4 is 0 Å². The SMILES string of the molecule is B.C1C2CC3CC1CC(C2)C3.P. The topological polar surface area (TPSA) is 0 Å². The van der Waals surface area contributed by atoms with Crippen molar-refractivity contribution in [1.82, 2.24) is 0 Å². The molecule has 0 aromatic rings. The molecule has 0 spiro atoms. The van der Waals surface area contributed by atoms with Crippen LogP contribution in [-0.2, 0) is 0 Å². The molecule has 4 bridgehead atoms. The first-order valence-electron chi connectivity index (χ1n) is 4.90. The summed E-state index contributed by atoms with van der Waals surface area (Å²) in [5.41, 5.74) is 0. The molecule has 1 atom stereocenters. The molecule has 0 saturated heterocycles. The molecule has 1 unspecified atom stereocenters. The first-order chi connectivity index (χ1) is 4.90. The summed E-state index contributed by atoms with van der Waals surface area (Å²) in [6.07, 6.45) is 9.62. The molecule has 0 aromatic heterocycles. The van der Waals surface area contributed by atoms with Gasteiger partial charge in [0.15, 0.2) is 0 Å². The average molecular weight is 184 g/mol. The summed E-state index contributed by atoms with van der Waals surface area (Å²) in [5, 5.41) is 0. The zero-order valence-corrected chi connectivity index (χ0v) is 8.67. The number of hydrogen-bond donors (Lipinski definition) is 0. The quantitative estimate of drug-likeness (QED) is 0.397. The van der Waals surface area contributed by atoms with Gasteiger partial charge in [0, 0.05) is 0 Å². The molecule has 0 nitrogen and oxygen atoms in total. The van der Waals surface area contributed by atoms with Gasteiger partial charge in [0.25, 0.3) is 0 Å². The predicted molar refractivity (Wildman–Crippen MR) is 62.7 cm³/mol. The Bertz CT molecular complexity index is 101. The van der Waals surface area contributed by atoms with E-state index in [-0.39, 0.29) is 18.3 Å². The molecule has 0 radical (unpaired) electrons. The second kappa shape index (κ2) is 3.70. The molecule has 0 aliphatic heterocycles. The highest BCUT2D eigenvalue weighted by molar-refractivity contribution is 6.92. The van der Waals surface area contributed by atoms with Crippen molar-refractivity contribution in [2.75, 3.05) is 0 Å². The monoisotopic (exact) mass is 184 g/mol. The molecule has 0 N–H and O–H groups in total. The van der Waals surface area contributed by atoms with E-state index in [1.807, 2.05) is 0 Å². The van der Waals surface area contributed by atoms with Crippen LogP contribution in [0.5, 0.6) is 0 Å². The van der Waals surface area contributed by atoms with Crippen molar-refractivity contribution in [3.63, 3.8) is 0 Å². The fourth-order valence-corrected chi connectivity index (χ4v) is 3.98. The zero-order chi connectivity index (χ0) is 6.55. The smallest absolute Gasteiger partial charge is 0.0814 e. The molecular formula is C10H22BP. The number of rotatable bonds is 0. The molecule has 0 amide bonds. The fourth-order valence-electron chi connectivity index (χ4n) is 3.98. The van der Waals surface area contributed by atoms with Crippen LogP contribution in [0.1, 0.15) is 38.5 Å². The van der Waals surface area contributed by atoms with E-state index in [4.69, 9.17) is 0 Å². The second-order valence-corrected chi connectivity index (χ2v) is 4.88. The molecule has 0 heterocycles. The lowest BCUT2D eigenvalue weighted by molar-refractivity contribution is 0.0198. The van der Waals surface area contributed by atoms with Crippen molar-refractivity contribution in [2.45, 2.75) is 38.5 Å². The minimum Gasteiger partial charge on any atom is -0.153 e. The summed E-state index contributed by atoms with van der Waals surface area (Å²) in [6.45, 7) is 0. The summed E-state index contributed by atoms with van der Waals surface area (Å²) in [7, 11) is 0. The van der Waals surface area contributed by atoms with Crippen molar-refractivity contribution in [1.29, 1.82) is 0 Å². The van der Waals surface area contributed by atoms with Gasteiger partial charge in [-0.05, 0) is 62.2 Å². The molecule has 4 aliphatic rings. The lowest BCUT2D eigenvalue weighted by Crippen LogP contribution is -2.38. The Morgan fingerprint density at radius 3 is 0.833 bits per heavy atom. The van der Waals surface area contributed by atoms with E-state index < -0.39 is 0 Å². The lowest BCUT2D eigenvalue weighted by Gasteiger charge is -2.49. The zero-order valence-electron chi connectivity index (χ0n) is 7.26. The van der Waals surface area contributed by atoms with Crippen LogP contribution in [0.4, 0.5) is 0 Å². The van der Waals surface area contributed by atoms with Crippen LogP contribution in [0, 0.1) is 23.7 Å². The van der Waals surface area contributed by atoms with Gasteiger partial charge in [0.1, 0.15) is 0 Å². The summed E-state index contributed by atoms with van der Waals surface area (Å²) >= 11 is 0. The lowest BCUT2D eigenvalue weighted by atomic mass is 9.56. The summed E-state index contributed by atoms with van der Waals surface area (Å²) in [6, 6.07) is 0. The maximum absolute atomic E-state index is 1.60. The molecular weight excluding hydrogens is 162 g/mol. The maximum Gasteiger partial charge on any atom is 0.0814 e. The van der Waals surface area contributed by atoms with Gasteiger partial charge in [-0.1, -0.05) is 0 Å². The second-order valence-electron chi connectivity index (χ2n) is 4.88. The molecule has 12 heavy (non-hydrogen) atoms. The molecule has 4 aliphatic carbocycles. The third kappa shape index (κ3) is 1.58. The number of hydrogen-bond acceptors (Lipinski definition) is 0. The van der Waals surface area contributed by atoms with Gasteiger partial charge in [0.2, 0.25) is 0 Å². The van der Waals surface area contributed by atoms with E-state index in [9.17, 15) is 0 Å². The predicted octanol–water partition coefficient (Wildman–Crippen LogP) is 1.71. The molecule has 2 heteroatoms. The summed E-state index contributed by atoms with van der Waals surface area (Å²) in [4.78, 5) is 0. The molecule has 4 saturated carbocycles. The third-order valence-corrected chi connectivity index (χ3v) is 4.00. The van der Waals surface area contributed by atoms with Crippen molar-refractivity contribution in [3.05, 3.63) is 0 Å². The third-order valence-electron chi connectivity index (χ3n) is 4.00. The van der Waals surface area contributed by atoms with Crippen molar-refractivity contribution in [2.24, 2.45) is 23.7 Å². The first kappa shape index (κ1) is 10.6. The minimum atomic E-state index is 0. The van der Waals surface area contributed by atoms with Gasteiger partial charge in [-0.2, -0.15) is 9.90 Å². The Kier molecular flexibility index (Phi) is 3.26. The Labute approximate surface area is 81.1 Å².